The van der Waals surface area contributed by atoms with Crippen molar-refractivity contribution < 1.29 is 9.59 Å². The number of hydrogen-bond acceptors (Lipinski definition) is 3. The number of rotatable bonds is 11. The maximum atomic E-state index is 12.8. The topological polar surface area (TPSA) is 40.6 Å². The normalized spacial score (nSPS) is 14.9. The third-order valence-electron chi connectivity index (χ3n) is 6.72. The second-order valence-electron chi connectivity index (χ2n) is 8.87. The Kier molecular flexibility index (Phi) is 7.18. The highest BCUT2D eigenvalue weighted by Gasteiger charge is 2.32. The summed E-state index contributed by atoms with van der Waals surface area (Å²) in [6.07, 6.45) is 7.27. The van der Waals surface area contributed by atoms with Gasteiger partial charge in [-0.25, -0.2) is 0 Å². The molecule has 2 aromatic carbocycles. The standard InChI is InChI=1S/C27H34N2O2/c1-2-28(17-14-21-10-5-3-6-11-21)15-8-4-7-13-25(30)23-18-22-12-9-16-29-26(31)20-24(19-23)27(22)29/h3,5-6,10-11,18-19H,2,4,7-9,12-17,20H2,1H3. The minimum atomic E-state index is 0.188. The van der Waals surface area contributed by atoms with Crippen LogP contribution in [-0.2, 0) is 24.1 Å². The molecule has 31 heavy (non-hydrogen) atoms. The van der Waals surface area contributed by atoms with E-state index in [9.17, 15) is 9.59 Å². The second kappa shape index (κ2) is 10.2. The molecule has 1 amide bonds. The molecule has 4 heteroatoms. The van der Waals surface area contributed by atoms with Crippen molar-refractivity contribution in [3.8, 4) is 0 Å². The molecule has 2 aromatic rings. The molecule has 0 aromatic heterocycles. The summed E-state index contributed by atoms with van der Waals surface area (Å²) >= 11 is 0. The first-order valence-corrected chi connectivity index (χ1v) is 11.9. The van der Waals surface area contributed by atoms with E-state index in [0.717, 1.165) is 81.5 Å². The van der Waals surface area contributed by atoms with Crippen molar-refractivity contribution in [2.24, 2.45) is 0 Å². The van der Waals surface area contributed by atoms with E-state index in [1.54, 1.807) is 0 Å². The van der Waals surface area contributed by atoms with Gasteiger partial charge in [0.1, 0.15) is 0 Å². The minimum absolute atomic E-state index is 0.188. The summed E-state index contributed by atoms with van der Waals surface area (Å²) < 4.78 is 0. The van der Waals surface area contributed by atoms with Gasteiger partial charge in [0.25, 0.3) is 0 Å². The van der Waals surface area contributed by atoms with Gasteiger partial charge >= 0.3 is 0 Å². The van der Waals surface area contributed by atoms with Crippen LogP contribution in [0.15, 0.2) is 42.5 Å². The molecule has 0 fully saturated rings. The molecule has 0 bridgehead atoms. The van der Waals surface area contributed by atoms with E-state index in [0.29, 0.717) is 12.8 Å². The Morgan fingerprint density at radius 3 is 2.65 bits per heavy atom. The van der Waals surface area contributed by atoms with Crippen LogP contribution in [-0.4, -0.2) is 42.8 Å². The van der Waals surface area contributed by atoms with Gasteiger partial charge in [-0.1, -0.05) is 43.7 Å². The van der Waals surface area contributed by atoms with Crippen LogP contribution in [0, 0.1) is 0 Å². The summed E-state index contributed by atoms with van der Waals surface area (Å²) in [6.45, 7) is 6.30. The molecule has 4 nitrogen and oxygen atoms in total. The molecule has 2 heterocycles. The molecule has 0 N–H and O–H groups in total. The molecular weight excluding hydrogens is 384 g/mol. The van der Waals surface area contributed by atoms with Crippen LogP contribution in [0.3, 0.4) is 0 Å². The Hall–Kier alpha value is -2.46. The molecule has 4 rings (SSSR count). The minimum Gasteiger partial charge on any atom is -0.312 e. The fourth-order valence-corrected chi connectivity index (χ4v) is 4.94. The Bertz CT molecular complexity index is 922. The number of carbonyl (C=O) groups excluding carboxylic acids is 2. The first kappa shape index (κ1) is 21.8. The Balaban J connectivity index is 1.21. The predicted molar refractivity (Wildman–Crippen MR) is 126 cm³/mol. The molecule has 0 aliphatic carbocycles. The van der Waals surface area contributed by atoms with Crippen LogP contribution in [0.2, 0.25) is 0 Å². The molecule has 0 saturated heterocycles. The summed E-state index contributed by atoms with van der Waals surface area (Å²) in [5.74, 6) is 0.417. The van der Waals surface area contributed by atoms with Gasteiger partial charge in [0.2, 0.25) is 5.91 Å². The molecule has 0 unspecified atom stereocenters. The van der Waals surface area contributed by atoms with Crippen LogP contribution in [0.1, 0.15) is 66.1 Å². The molecule has 0 saturated carbocycles. The third-order valence-corrected chi connectivity index (χ3v) is 6.72. The van der Waals surface area contributed by atoms with Crippen LogP contribution >= 0.6 is 0 Å². The zero-order valence-corrected chi connectivity index (χ0v) is 18.7. The highest BCUT2D eigenvalue weighted by atomic mass is 16.2. The summed E-state index contributed by atoms with van der Waals surface area (Å²) in [6, 6.07) is 14.7. The Morgan fingerprint density at radius 2 is 1.84 bits per heavy atom. The quantitative estimate of drug-likeness (QED) is 0.388. The molecule has 0 atom stereocenters. The second-order valence-corrected chi connectivity index (χ2v) is 8.87. The number of aryl methyl sites for hydroxylation is 1. The number of nitrogens with zero attached hydrogens (tertiary/aromatic N) is 2. The zero-order chi connectivity index (χ0) is 21.6. The van der Waals surface area contributed by atoms with Crippen LogP contribution in [0.5, 0.6) is 0 Å². The van der Waals surface area contributed by atoms with E-state index in [1.165, 1.54) is 11.1 Å². The van der Waals surface area contributed by atoms with Crippen LogP contribution in [0.4, 0.5) is 5.69 Å². The highest BCUT2D eigenvalue weighted by molar-refractivity contribution is 6.05. The van der Waals surface area contributed by atoms with Gasteiger partial charge < -0.3 is 9.80 Å². The number of unbranched alkanes of at least 4 members (excludes halogenated alkanes) is 2. The number of amides is 1. The van der Waals surface area contributed by atoms with Gasteiger partial charge in [0.05, 0.1) is 12.1 Å². The molecule has 0 radical (unpaired) electrons. The van der Waals surface area contributed by atoms with Crippen molar-refractivity contribution in [1.29, 1.82) is 0 Å². The van der Waals surface area contributed by atoms with Crippen LogP contribution < -0.4 is 4.90 Å². The molecule has 164 valence electrons. The summed E-state index contributed by atoms with van der Waals surface area (Å²) in [4.78, 5) is 29.4. The summed E-state index contributed by atoms with van der Waals surface area (Å²) in [5, 5.41) is 0. The SMILES string of the molecule is CCN(CCCCCC(=O)c1cc2c3c(c1)CC(=O)N3CCC2)CCc1ccccc1. The van der Waals surface area contributed by atoms with E-state index >= 15 is 0 Å². The molecule has 2 aliphatic rings. The van der Waals surface area contributed by atoms with Crippen molar-refractivity contribution >= 4 is 17.4 Å². The zero-order valence-electron chi connectivity index (χ0n) is 18.7. The number of ketones is 1. The highest BCUT2D eigenvalue weighted by Crippen LogP contribution is 2.37. The lowest BCUT2D eigenvalue weighted by Crippen LogP contribution is -2.31. The lowest BCUT2D eigenvalue weighted by atomic mass is 9.94. The molecular formula is C27H34N2O2. The fraction of sp³-hybridized carbons (Fsp3) is 0.481. The first-order valence-electron chi connectivity index (χ1n) is 11.9. The van der Waals surface area contributed by atoms with E-state index in [1.807, 2.05) is 17.0 Å². The largest absolute Gasteiger partial charge is 0.312 e. The summed E-state index contributed by atoms with van der Waals surface area (Å²) in [7, 11) is 0. The first-order chi connectivity index (χ1) is 15.2. The van der Waals surface area contributed by atoms with E-state index in [4.69, 9.17) is 0 Å². The number of anilines is 1. The van der Waals surface area contributed by atoms with Gasteiger partial charge in [-0.05, 0) is 74.0 Å². The maximum absolute atomic E-state index is 12.8. The van der Waals surface area contributed by atoms with Crippen molar-refractivity contribution in [2.75, 3.05) is 31.1 Å². The lowest BCUT2D eigenvalue weighted by molar-refractivity contribution is -0.117. The van der Waals surface area contributed by atoms with Crippen LogP contribution in [0.25, 0.3) is 0 Å². The number of benzene rings is 2. The van der Waals surface area contributed by atoms with Crippen molar-refractivity contribution in [3.05, 3.63) is 64.7 Å². The third kappa shape index (κ3) is 5.24. The van der Waals surface area contributed by atoms with Crippen molar-refractivity contribution in [2.45, 2.75) is 58.3 Å². The smallest absolute Gasteiger partial charge is 0.231 e. The van der Waals surface area contributed by atoms with E-state index in [2.05, 4.69) is 42.2 Å². The molecule has 2 aliphatic heterocycles. The Morgan fingerprint density at radius 1 is 1.03 bits per heavy atom. The fourth-order valence-electron chi connectivity index (χ4n) is 4.94. The molecule has 0 spiro atoms. The van der Waals surface area contributed by atoms with Gasteiger partial charge in [-0.3, -0.25) is 9.59 Å². The summed E-state index contributed by atoms with van der Waals surface area (Å²) in [5.41, 5.74) is 5.55. The number of likely N-dealkylation sites (N-methyl/N-ethyl adjacent to an activating group) is 1. The van der Waals surface area contributed by atoms with Gasteiger partial charge in [0, 0.05) is 25.1 Å². The number of hydrogen-bond donors (Lipinski definition) is 0. The van der Waals surface area contributed by atoms with Crippen molar-refractivity contribution in [3.63, 3.8) is 0 Å². The monoisotopic (exact) mass is 418 g/mol. The van der Waals surface area contributed by atoms with E-state index < -0.39 is 0 Å². The predicted octanol–water partition coefficient (Wildman–Crippen LogP) is 4.83. The lowest BCUT2D eigenvalue weighted by Gasteiger charge is -2.25. The number of carbonyl (C=O) groups is 2. The van der Waals surface area contributed by atoms with Crippen molar-refractivity contribution in [1.82, 2.24) is 4.90 Å². The van der Waals surface area contributed by atoms with Gasteiger partial charge in [-0.15, -0.1) is 0 Å². The Labute approximate surface area is 186 Å². The average Bonchev–Trinajstić information content (AvgIpc) is 3.13. The van der Waals surface area contributed by atoms with Gasteiger partial charge in [0.15, 0.2) is 5.78 Å². The van der Waals surface area contributed by atoms with E-state index in [-0.39, 0.29) is 11.7 Å². The maximum Gasteiger partial charge on any atom is 0.231 e. The van der Waals surface area contributed by atoms with Gasteiger partial charge in [-0.2, -0.15) is 0 Å². The number of Topliss-reactive ketones (excluding diaryl/α,β-unsaturated/α-hetero) is 1. The average molecular weight is 419 g/mol.